The van der Waals surface area contributed by atoms with Gasteiger partial charge in [0.1, 0.15) is 23.8 Å². The highest BCUT2D eigenvalue weighted by atomic mass is 16.5. The molecule has 1 aliphatic heterocycles. The summed E-state index contributed by atoms with van der Waals surface area (Å²) in [6, 6.07) is 11.0. The first-order chi connectivity index (χ1) is 14.9. The zero-order valence-electron chi connectivity index (χ0n) is 17.7. The van der Waals surface area contributed by atoms with Crippen molar-refractivity contribution in [1.29, 1.82) is 0 Å². The zero-order chi connectivity index (χ0) is 22.0. The molecule has 3 heterocycles. The molecule has 9 heteroatoms. The second-order valence-electron chi connectivity index (χ2n) is 7.87. The molecular weight excluding hydrogens is 398 g/mol. The molecule has 4 rings (SSSR count). The summed E-state index contributed by atoms with van der Waals surface area (Å²) >= 11 is 0. The normalized spacial score (nSPS) is 15.0. The fourth-order valence-electron chi connectivity index (χ4n) is 3.51. The van der Waals surface area contributed by atoms with Gasteiger partial charge in [0.05, 0.1) is 18.2 Å². The van der Waals surface area contributed by atoms with E-state index in [0.717, 1.165) is 5.69 Å². The molecule has 9 nitrogen and oxygen atoms in total. The van der Waals surface area contributed by atoms with Crippen LogP contribution in [-0.2, 0) is 19.6 Å². The topological polar surface area (TPSA) is 111 Å². The van der Waals surface area contributed by atoms with Gasteiger partial charge >= 0.3 is 0 Å². The molecule has 0 bridgehead atoms. The fraction of sp³-hybridized carbons (Fsp3) is 0.364. The fourth-order valence-corrected chi connectivity index (χ4v) is 3.51. The van der Waals surface area contributed by atoms with E-state index in [1.807, 2.05) is 44.2 Å². The van der Waals surface area contributed by atoms with Gasteiger partial charge in [-0.2, -0.15) is 5.10 Å². The molecule has 0 aliphatic carbocycles. The molecule has 1 atom stereocenters. The molecular formula is C22H25N5O4. The maximum absolute atomic E-state index is 12.8. The van der Waals surface area contributed by atoms with Crippen LogP contribution in [0.5, 0.6) is 5.75 Å². The molecule has 0 saturated carbocycles. The minimum atomic E-state index is -0.322. The summed E-state index contributed by atoms with van der Waals surface area (Å²) in [5, 5.41) is 14.1. The Morgan fingerprint density at radius 2 is 2.03 bits per heavy atom. The minimum absolute atomic E-state index is 0.0436. The van der Waals surface area contributed by atoms with Crippen molar-refractivity contribution in [2.45, 2.75) is 52.4 Å². The summed E-state index contributed by atoms with van der Waals surface area (Å²) in [6.45, 7) is 6.23. The summed E-state index contributed by atoms with van der Waals surface area (Å²) in [5.74, 6) is 0.727. The third-order valence-corrected chi connectivity index (χ3v) is 5.03. The number of fused-ring (bicyclic) bond motifs is 1. The SMILES string of the molecule is Cc1onc(C(=O)NC2Cc3cc(C(=O)NC(C)C)nn3C2)c1COc1ccccc1. The Labute approximate surface area is 179 Å². The van der Waals surface area contributed by atoms with Crippen molar-refractivity contribution in [2.24, 2.45) is 0 Å². The van der Waals surface area contributed by atoms with E-state index < -0.39 is 0 Å². The van der Waals surface area contributed by atoms with E-state index in [1.54, 1.807) is 17.7 Å². The Kier molecular flexibility index (Phi) is 5.75. The van der Waals surface area contributed by atoms with Gasteiger partial charge in [-0.15, -0.1) is 0 Å². The monoisotopic (exact) mass is 423 g/mol. The lowest BCUT2D eigenvalue weighted by Crippen LogP contribution is -2.37. The lowest BCUT2D eigenvalue weighted by molar-refractivity contribution is 0.0917. The van der Waals surface area contributed by atoms with Crippen molar-refractivity contribution < 1.29 is 18.8 Å². The maximum Gasteiger partial charge on any atom is 0.274 e. The maximum atomic E-state index is 12.8. The van der Waals surface area contributed by atoms with Gasteiger partial charge in [-0.25, -0.2) is 0 Å². The second-order valence-corrected chi connectivity index (χ2v) is 7.87. The van der Waals surface area contributed by atoms with Gasteiger partial charge in [0.25, 0.3) is 11.8 Å². The standard InChI is InChI=1S/C22H25N5O4/c1-13(2)23-21(28)19-10-16-9-15(11-27(16)25-19)24-22(29)20-18(14(3)31-26-20)12-30-17-7-5-4-6-8-17/h4-8,10,13,15H,9,11-12H2,1-3H3,(H,23,28)(H,24,29). The molecule has 2 N–H and O–H groups in total. The quantitative estimate of drug-likeness (QED) is 0.603. The predicted octanol–water partition coefficient (Wildman–Crippen LogP) is 2.25. The first-order valence-electron chi connectivity index (χ1n) is 10.2. The highest BCUT2D eigenvalue weighted by molar-refractivity contribution is 5.94. The lowest BCUT2D eigenvalue weighted by atomic mass is 10.1. The Morgan fingerprint density at radius 3 is 2.74 bits per heavy atom. The molecule has 1 aromatic carbocycles. The lowest BCUT2D eigenvalue weighted by Gasteiger charge is -2.12. The van der Waals surface area contributed by atoms with E-state index in [1.165, 1.54) is 0 Å². The molecule has 162 valence electrons. The van der Waals surface area contributed by atoms with Crippen LogP contribution in [0, 0.1) is 6.92 Å². The second kappa shape index (κ2) is 8.63. The van der Waals surface area contributed by atoms with Crippen molar-refractivity contribution in [3.8, 4) is 5.75 Å². The largest absolute Gasteiger partial charge is 0.489 e. The number of carbonyl (C=O) groups excluding carboxylic acids is 2. The zero-order valence-corrected chi connectivity index (χ0v) is 17.7. The number of hydrogen-bond donors (Lipinski definition) is 2. The van der Waals surface area contributed by atoms with Crippen LogP contribution in [0.1, 0.15) is 51.8 Å². The number of amides is 2. The molecule has 0 radical (unpaired) electrons. The van der Waals surface area contributed by atoms with Crippen molar-refractivity contribution in [1.82, 2.24) is 25.6 Å². The summed E-state index contributed by atoms with van der Waals surface area (Å²) in [7, 11) is 0. The highest BCUT2D eigenvalue weighted by Crippen LogP contribution is 2.20. The van der Waals surface area contributed by atoms with Gasteiger partial charge < -0.3 is 19.9 Å². The van der Waals surface area contributed by atoms with Crippen LogP contribution in [0.15, 0.2) is 40.9 Å². The van der Waals surface area contributed by atoms with Crippen LogP contribution in [0.2, 0.25) is 0 Å². The van der Waals surface area contributed by atoms with E-state index in [0.29, 0.717) is 35.7 Å². The number of para-hydroxylation sites is 1. The van der Waals surface area contributed by atoms with E-state index >= 15 is 0 Å². The van der Waals surface area contributed by atoms with Crippen LogP contribution >= 0.6 is 0 Å². The van der Waals surface area contributed by atoms with Gasteiger partial charge in [-0.3, -0.25) is 14.3 Å². The number of carbonyl (C=O) groups is 2. The molecule has 1 unspecified atom stereocenters. The van der Waals surface area contributed by atoms with Crippen molar-refractivity contribution in [3.05, 3.63) is 64.8 Å². The highest BCUT2D eigenvalue weighted by Gasteiger charge is 2.29. The van der Waals surface area contributed by atoms with Gasteiger partial charge in [0.15, 0.2) is 5.69 Å². The number of nitrogens with zero attached hydrogens (tertiary/aromatic N) is 3. The van der Waals surface area contributed by atoms with E-state index in [-0.39, 0.29) is 36.2 Å². The van der Waals surface area contributed by atoms with Gasteiger partial charge in [0, 0.05) is 18.2 Å². The summed E-state index contributed by atoms with van der Waals surface area (Å²) in [6.07, 6.45) is 0.584. The van der Waals surface area contributed by atoms with Crippen molar-refractivity contribution in [2.75, 3.05) is 0 Å². The molecule has 0 spiro atoms. The van der Waals surface area contributed by atoms with E-state index in [4.69, 9.17) is 9.26 Å². The minimum Gasteiger partial charge on any atom is -0.489 e. The molecule has 0 saturated heterocycles. The van der Waals surface area contributed by atoms with Crippen LogP contribution in [0.3, 0.4) is 0 Å². The summed E-state index contributed by atoms with van der Waals surface area (Å²) < 4.78 is 12.8. The Bertz CT molecular complexity index is 1060. The molecule has 2 amide bonds. The summed E-state index contributed by atoms with van der Waals surface area (Å²) in [4.78, 5) is 25.0. The van der Waals surface area contributed by atoms with E-state index in [2.05, 4.69) is 20.9 Å². The third kappa shape index (κ3) is 4.60. The van der Waals surface area contributed by atoms with Gasteiger partial charge in [-0.1, -0.05) is 23.4 Å². The Morgan fingerprint density at radius 1 is 1.26 bits per heavy atom. The number of aromatic nitrogens is 3. The molecule has 31 heavy (non-hydrogen) atoms. The van der Waals surface area contributed by atoms with Crippen LogP contribution in [0.4, 0.5) is 0 Å². The number of nitrogens with one attached hydrogen (secondary N) is 2. The number of ether oxygens (including phenoxy) is 1. The Hall–Kier alpha value is -3.62. The van der Waals surface area contributed by atoms with Crippen molar-refractivity contribution in [3.63, 3.8) is 0 Å². The predicted molar refractivity (Wildman–Crippen MR) is 112 cm³/mol. The van der Waals surface area contributed by atoms with Crippen LogP contribution < -0.4 is 15.4 Å². The average Bonchev–Trinajstić information content (AvgIpc) is 3.39. The number of rotatable bonds is 7. The molecule has 1 aliphatic rings. The molecule has 0 fully saturated rings. The molecule has 2 aromatic heterocycles. The molecule has 3 aromatic rings. The van der Waals surface area contributed by atoms with Crippen LogP contribution in [-0.4, -0.2) is 38.8 Å². The average molecular weight is 423 g/mol. The Balaban J connectivity index is 1.38. The number of aryl methyl sites for hydroxylation is 1. The van der Waals surface area contributed by atoms with E-state index in [9.17, 15) is 9.59 Å². The first kappa shape index (κ1) is 20.6. The first-order valence-corrected chi connectivity index (χ1v) is 10.2. The number of hydrogen-bond acceptors (Lipinski definition) is 6. The van der Waals surface area contributed by atoms with Crippen molar-refractivity contribution >= 4 is 11.8 Å². The van der Waals surface area contributed by atoms with Crippen LogP contribution in [0.25, 0.3) is 0 Å². The third-order valence-electron chi connectivity index (χ3n) is 5.03. The summed E-state index contributed by atoms with van der Waals surface area (Å²) in [5.41, 5.74) is 2.13. The van der Waals surface area contributed by atoms with Gasteiger partial charge in [-0.05, 0) is 39.0 Å². The number of benzene rings is 1. The smallest absolute Gasteiger partial charge is 0.274 e. The van der Waals surface area contributed by atoms with Gasteiger partial charge in [0.2, 0.25) is 0 Å².